The molecule has 1 aromatic rings. The van der Waals surface area contributed by atoms with Crippen molar-refractivity contribution in [2.75, 3.05) is 19.3 Å². The molecule has 13 heavy (non-hydrogen) atoms. The average Bonchev–Trinajstić information content (AvgIpc) is 2.12. The maximum atomic E-state index is 5.69. The second kappa shape index (κ2) is 3.00. The minimum absolute atomic E-state index is 0.421. The topological polar surface area (TPSA) is 42.1 Å². The van der Waals surface area contributed by atoms with Gasteiger partial charge in [-0.1, -0.05) is 0 Å². The van der Waals surface area contributed by atoms with Gasteiger partial charge in [-0.05, 0) is 32.0 Å². The van der Waals surface area contributed by atoms with E-state index < -0.39 is 0 Å². The van der Waals surface area contributed by atoms with Gasteiger partial charge >= 0.3 is 0 Å². The Balaban J connectivity index is 2.44. The van der Waals surface area contributed by atoms with Gasteiger partial charge in [0.25, 0.3) is 0 Å². The van der Waals surface area contributed by atoms with E-state index in [1.165, 1.54) is 11.3 Å². The van der Waals surface area contributed by atoms with Gasteiger partial charge in [-0.3, -0.25) is 9.88 Å². The van der Waals surface area contributed by atoms with E-state index in [-0.39, 0.29) is 0 Å². The van der Waals surface area contributed by atoms with Crippen LogP contribution < -0.4 is 5.73 Å². The third-order valence-electron chi connectivity index (χ3n) is 2.81. The zero-order valence-electron chi connectivity index (χ0n) is 8.12. The molecule has 1 aliphatic rings. The van der Waals surface area contributed by atoms with Gasteiger partial charge in [-0.2, -0.15) is 0 Å². The predicted octanol–water partition coefficient (Wildman–Crippen LogP) is 1.21. The third kappa shape index (κ3) is 1.40. The molecule has 70 valence electrons. The first-order chi connectivity index (χ1) is 6.18. The van der Waals surface area contributed by atoms with Crippen LogP contribution in [0.2, 0.25) is 0 Å². The summed E-state index contributed by atoms with van der Waals surface area (Å²) in [6, 6.07) is 2.47. The predicted molar refractivity (Wildman–Crippen MR) is 53.4 cm³/mol. The van der Waals surface area contributed by atoms with Crippen molar-refractivity contribution in [3.8, 4) is 0 Å². The molecule has 2 rings (SSSR count). The van der Waals surface area contributed by atoms with Crippen LogP contribution in [0, 0.1) is 0 Å². The molecule has 2 N–H and O–H groups in total. The second-order valence-electron chi connectivity index (χ2n) is 3.72. The van der Waals surface area contributed by atoms with E-state index in [0.717, 1.165) is 18.7 Å². The minimum Gasteiger partial charge on any atom is -0.397 e. The molecular weight excluding hydrogens is 162 g/mol. The molecule has 1 aliphatic heterocycles. The molecule has 0 saturated heterocycles. The Kier molecular flexibility index (Phi) is 1.96. The highest BCUT2D eigenvalue weighted by molar-refractivity contribution is 5.41. The number of hydrogen-bond donors (Lipinski definition) is 1. The average molecular weight is 177 g/mol. The highest BCUT2D eigenvalue weighted by Crippen LogP contribution is 2.26. The molecule has 0 aliphatic carbocycles. The largest absolute Gasteiger partial charge is 0.397 e. The van der Waals surface area contributed by atoms with Crippen molar-refractivity contribution in [2.24, 2.45) is 0 Å². The molecule has 1 atom stereocenters. The van der Waals surface area contributed by atoms with Gasteiger partial charge in [0.1, 0.15) is 0 Å². The van der Waals surface area contributed by atoms with Gasteiger partial charge in [-0.15, -0.1) is 0 Å². The summed E-state index contributed by atoms with van der Waals surface area (Å²) < 4.78 is 0. The smallest absolute Gasteiger partial charge is 0.0606 e. The molecule has 0 amide bonds. The minimum atomic E-state index is 0.421. The lowest BCUT2D eigenvalue weighted by atomic mass is 9.99. The zero-order valence-corrected chi connectivity index (χ0v) is 8.12. The van der Waals surface area contributed by atoms with Gasteiger partial charge in [0.2, 0.25) is 0 Å². The summed E-state index contributed by atoms with van der Waals surface area (Å²) in [6.07, 6.45) is 2.81. The molecule has 0 bridgehead atoms. The van der Waals surface area contributed by atoms with Crippen LogP contribution in [0.5, 0.6) is 0 Å². The van der Waals surface area contributed by atoms with Crippen LogP contribution in [-0.2, 0) is 6.42 Å². The van der Waals surface area contributed by atoms with E-state index in [9.17, 15) is 0 Å². The van der Waals surface area contributed by atoms with E-state index in [1.54, 1.807) is 6.20 Å². The fourth-order valence-electron chi connectivity index (χ4n) is 1.82. The fourth-order valence-corrected chi connectivity index (χ4v) is 1.82. The summed E-state index contributed by atoms with van der Waals surface area (Å²) in [5, 5.41) is 0. The Bertz CT molecular complexity index is 322. The first-order valence-electron chi connectivity index (χ1n) is 4.63. The van der Waals surface area contributed by atoms with E-state index in [1.807, 2.05) is 6.07 Å². The molecular formula is C10H15N3. The first-order valence-corrected chi connectivity index (χ1v) is 4.63. The molecule has 1 aromatic heterocycles. The number of fused-ring (bicyclic) bond motifs is 1. The zero-order chi connectivity index (χ0) is 9.42. The van der Waals surface area contributed by atoms with Crippen LogP contribution in [0.1, 0.15) is 24.2 Å². The quantitative estimate of drug-likeness (QED) is 0.647. The van der Waals surface area contributed by atoms with Gasteiger partial charge < -0.3 is 5.73 Å². The molecule has 1 unspecified atom stereocenters. The standard InChI is InChI=1S/C10H15N3/c1-7-10-8(3-4-13(7)2)5-9(11)6-12-10/h5-7H,3-4,11H2,1-2H3. The summed E-state index contributed by atoms with van der Waals surface area (Å²) in [4.78, 5) is 6.69. The van der Waals surface area contributed by atoms with Gasteiger partial charge in [-0.25, -0.2) is 0 Å². The van der Waals surface area contributed by atoms with Crippen molar-refractivity contribution >= 4 is 5.69 Å². The first kappa shape index (κ1) is 8.51. The maximum Gasteiger partial charge on any atom is 0.0606 e. The number of rotatable bonds is 0. The Labute approximate surface area is 78.6 Å². The van der Waals surface area contributed by atoms with Gasteiger partial charge in [0.15, 0.2) is 0 Å². The number of hydrogen-bond acceptors (Lipinski definition) is 3. The number of nitrogens with zero attached hydrogens (tertiary/aromatic N) is 2. The number of likely N-dealkylation sites (N-methyl/N-ethyl adjacent to an activating group) is 1. The van der Waals surface area contributed by atoms with Crippen molar-refractivity contribution in [3.63, 3.8) is 0 Å². The number of pyridine rings is 1. The second-order valence-corrected chi connectivity index (χ2v) is 3.72. The van der Waals surface area contributed by atoms with Gasteiger partial charge in [0.05, 0.1) is 17.6 Å². The summed E-state index contributed by atoms with van der Waals surface area (Å²) >= 11 is 0. The molecule has 0 spiro atoms. The number of aromatic nitrogens is 1. The summed E-state index contributed by atoms with van der Waals surface area (Å²) in [6.45, 7) is 3.28. The Morgan fingerprint density at radius 1 is 1.62 bits per heavy atom. The lowest BCUT2D eigenvalue weighted by molar-refractivity contribution is 0.242. The molecule has 0 aromatic carbocycles. The van der Waals surface area contributed by atoms with E-state index >= 15 is 0 Å². The summed E-state index contributed by atoms with van der Waals surface area (Å²) in [5.74, 6) is 0. The lowest BCUT2D eigenvalue weighted by Gasteiger charge is -2.30. The Morgan fingerprint density at radius 3 is 3.15 bits per heavy atom. The number of nitrogens with two attached hydrogens (primary N) is 1. The van der Waals surface area contributed by atoms with Crippen molar-refractivity contribution in [3.05, 3.63) is 23.5 Å². The molecule has 0 radical (unpaired) electrons. The fraction of sp³-hybridized carbons (Fsp3) is 0.500. The Hall–Kier alpha value is -1.09. The van der Waals surface area contributed by atoms with E-state index in [4.69, 9.17) is 5.73 Å². The van der Waals surface area contributed by atoms with Gasteiger partial charge in [0, 0.05) is 12.6 Å². The molecule has 0 saturated carbocycles. The Morgan fingerprint density at radius 2 is 2.38 bits per heavy atom. The SMILES string of the molecule is CC1c2ncc(N)cc2CCN1C. The van der Waals surface area contributed by atoms with Crippen LogP contribution in [0.15, 0.2) is 12.3 Å². The van der Waals surface area contributed by atoms with Crippen molar-refractivity contribution < 1.29 is 0 Å². The lowest BCUT2D eigenvalue weighted by Crippen LogP contribution is -2.31. The summed E-state index contributed by atoms with van der Waals surface area (Å²) in [5.41, 5.74) is 8.95. The molecule has 2 heterocycles. The molecule has 3 nitrogen and oxygen atoms in total. The third-order valence-corrected chi connectivity index (χ3v) is 2.81. The monoisotopic (exact) mass is 177 g/mol. The molecule has 0 fully saturated rings. The number of anilines is 1. The molecule has 3 heteroatoms. The van der Waals surface area contributed by atoms with Crippen LogP contribution in [-0.4, -0.2) is 23.5 Å². The highest BCUT2D eigenvalue weighted by atomic mass is 15.1. The number of nitrogen functional groups attached to an aromatic ring is 1. The van der Waals surface area contributed by atoms with Crippen LogP contribution >= 0.6 is 0 Å². The van der Waals surface area contributed by atoms with Crippen LogP contribution in [0.4, 0.5) is 5.69 Å². The highest BCUT2D eigenvalue weighted by Gasteiger charge is 2.21. The van der Waals surface area contributed by atoms with E-state index in [0.29, 0.717) is 6.04 Å². The van der Waals surface area contributed by atoms with Crippen molar-refractivity contribution in [1.82, 2.24) is 9.88 Å². The van der Waals surface area contributed by atoms with E-state index in [2.05, 4.69) is 23.9 Å². The maximum absolute atomic E-state index is 5.69. The van der Waals surface area contributed by atoms with Crippen LogP contribution in [0.3, 0.4) is 0 Å². The summed E-state index contributed by atoms with van der Waals surface area (Å²) in [7, 11) is 2.13. The van der Waals surface area contributed by atoms with Crippen LogP contribution in [0.25, 0.3) is 0 Å². The normalized spacial score (nSPS) is 22.8. The van der Waals surface area contributed by atoms with Crippen molar-refractivity contribution in [1.29, 1.82) is 0 Å². The van der Waals surface area contributed by atoms with Crippen molar-refractivity contribution in [2.45, 2.75) is 19.4 Å².